The van der Waals surface area contributed by atoms with Gasteiger partial charge in [-0.2, -0.15) is 0 Å². The molecule has 3 aromatic rings. The predicted molar refractivity (Wildman–Crippen MR) is 90.1 cm³/mol. The SMILES string of the molecule is COc1ccc2nc(NN)c(Cc3ccc(C)cc3)cc2c1. The molecule has 112 valence electrons. The van der Waals surface area contributed by atoms with Crippen molar-refractivity contribution in [3.8, 4) is 5.75 Å². The zero-order valence-electron chi connectivity index (χ0n) is 12.8. The van der Waals surface area contributed by atoms with Crippen LogP contribution in [0.1, 0.15) is 16.7 Å². The van der Waals surface area contributed by atoms with Crippen LogP contribution >= 0.6 is 0 Å². The molecule has 0 bridgehead atoms. The molecule has 0 aliphatic carbocycles. The number of pyridine rings is 1. The number of aromatic nitrogens is 1. The third-order valence-corrected chi connectivity index (χ3v) is 3.75. The van der Waals surface area contributed by atoms with Gasteiger partial charge in [0.15, 0.2) is 0 Å². The number of ether oxygens (including phenoxy) is 1. The number of nitrogens with two attached hydrogens (primary N) is 1. The van der Waals surface area contributed by atoms with E-state index >= 15 is 0 Å². The molecule has 3 rings (SSSR count). The van der Waals surface area contributed by atoms with Crippen molar-refractivity contribution in [2.75, 3.05) is 12.5 Å². The summed E-state index contributed by atoms with van der Waals surface area (Å²) in [6.07, 6.45) is 0.778. The molecule has 0 spiro atoms. The minimum Gasteiger partial charge on any atom is -0.497 e. The second kappa shape index (κ2) is 6.03. The second-order valence-electron chi connectivity index (χ2n) is 5.36. The summed E-state index contributed by atoms with van der Waals surface area (Å²) in [6, 6.07) is 16.4. The lowest BCUT2D eigenvalue weighted by Crippen LogP contribution is -2.11. The van der Waals surface area contributed by atoms with Gasteiger partial charge in [-0.05, 0) is 36.8 Å². The van der Waals surface area contributed by atoms with Crippen LogP contribution in [0, 0.1) is 6.92 Å². The number of hydrazine groups is 1. The molecular weight excluding hydrogens is 274 g/mol. The van der Waals surface area contributed by atoms with Crippen molar-refractivity contribution >= 4 is 16.7 Å². The summed E-state index contributed by atoms with van der Waals surface area (Å²) in [7, 11) is 1.66. The molecule has 1 aromatic heterocycles. The Hall–Kier alpha value is -2.59. The highest BCUT2D eigenvalue weighted by atomic mass is 16.5. The van der Waals surface area contributed by atoms with Gasteiger partial charge in [-0.25, -0.2) is 10.8 Å². The second-order valence-corrected chi connectivity index (χ2v) is 5.36. The smallest absolute Gasteiger partial charge is 0.144 e. The van der Waals surface area contributed by atoms with Gasteiger partial charge in [-0.15, -0.1) is 0 Å². The van der Waals surface area contributed by atoms with E-state index in [0.717, 1.165) is 28.6 Å². The molecule has 3 N–H and O–H groups in total. The Balaban J connectivity index is 2.04. The minimum atomic E-state index is 0.707. The molecule has 0 saturated heterocycles. The normalized spacial score (nSPS) is 10.7. The van der Waals surface area contributed by atoms with Gasteiger partial charge < -0.3 is 10.2 Å². The van der Waals surface area contributed by atoms with Crippen LogP contribution in [0.3, 0.4) is 0 Å². The van der Waals surface area contributed by atoms with Crippen LogP contribution < -0.4 is 16.0 Å². The molecule has 0 fully saturated rings. The Morgan fingerprint density at radius 3 is 2.55 bits per heavy atom. The minimum absolute atomic E-state index is 0.707. The number of hydrogen-bond acceptors (Lipinski definition) is 4. The van der Waals surface area contributed by atoms with Crippen LogP contribution in [0.25, 0.3) is 10.9 Å². The number of hydrogen-bond donors (Lipinski definition) is 2. The summed E-state index contributed by atoms with van der Waals surface area (Å²) in [4.78, 5) is 4.59. The van der Waals surface area contributed by atoms with Gasteiger partial charge in [0.05, 0.1) is 12.6 Å². The van der Waals surface area contributed by atoms with Gasteiger partial charge in [0.2, 0.25) is 0 Å². The molecule has 0 saturated carbocycles. The quantitative estimate of drug-likeness (QED) is 0.571. The molecule has 22 heavy (non-hydrogen) atoms. The molecular formula is C18H19N3O. The Bertz CT molecular complexity index is 797. The van der Waals surface area contributed by atoms with E-state index in [1.54, 1.807) is 7.11 Å². The van der Waals surface area contributed by atoms with Crippen LogP contribution in [0.15, 0.2) is 48.5 Å². The largest absolute Gasteiger partial charge is 0.497 e. The van der Waals surface area contributed by atoms with Gasteiger partial charge >= 0.3 is 0 Å². The zero-order chi connectivity index (χ0) is 15.5. The maximum atomic E-state index is 5.64. The van der Waals surface area contributed by atoms with E-state index < -0.39 is 0 Å². The van der Waals surface area contributed by atoms with Crippen molar-refractivity contribution in [3.05, 3.63) is 65.2 Å². The first-order chi connectivity index (χ1) is 10.7. The molecule has 2 aromatic carbocycles. The molecule has 4 heteroatoms. The Morgan fingerprint density at radius 2 is 1.86 bits per heavy atom. The third kappa shape index (κ3) is 2.87. The summed E-state index contributed by atoms with van der Waals surface area (Å²) >= 11 is 0. The monoisotopic (exact) mass is 293 g/mol. The predicted octanol–water partition coefficient (Wildman–Crippen LogP) is 3.43. The van der Waals surface area contributed by atoms with Gasteiger partial charge in [-0.3, -0.25) is 0 Å². The maximum Gasteiger partial charge on any atom is 0.144 e. The van der Waals surface area contributed by atoms with Gasteiger partial charge in [0.25, 0.3) is 0 Å². The molecule has 0 atom stereocenters. The van der Waals surface area contributed by atoms with Crippen LogP contribution in [-0.2, 0) is 6.42 Å². The van der Waals surface area contributed by atoms with E-state index in [2.05, 4.69) is 47.7 Å². The first-order valence-electron chi connectivity index (χ1n) is 7.19. The fourth-order valence-corrected chi connectivity index (χ4v) is 2.51. The van der Waals surface area contributed by atoms with Crippen molar-refractivity contribution in [1.82, 2.24) is 4.98 Å². The molecule has 0 radical (unpaired) electrons. The van der Waals surface area contributed by atoms with E-state index in [9.17, 15) is 0 Å². The first-order valence-corrected chi connectivity index (χ1v) is 7.19. The number of nitrogens with zero attached hydrogens (tertiary/aromatic N) is 1. The highest BCUT2D eigenvalue weighted by Gasteiger charge is 2.08. The maximum absolute atomic E-state index is 5.64. The molecule has 0 unspecified atom stereocenters. The summed E-state index contributed by atoms with van der Waals surface area (Å²) in [5, 5.41) is 1.04. The van der Waals surface area contributed by atoms with E-state index in [4.69, 9.17) is 10.6 Å². The number of anilines is 1. The lowest BCUT2D eigenvalue weighted by molar-refractivity contribution is 0.415. The summed E-state index contributed by atoms with van der Waals surface area (Å²) in [5.41, 5.74) is 7.14. The van der Waals surface area contributed by atoms with Gasteiger partial charge in [-0.1, -0.05) is 29.8 Å². The molecule has 0 aliphatic rings. The highest BCUT2D eigenvalue weighted by Crippen LogP contribution is 2.25. The number of fused-ring (bicyclic) bond motifs is 1. The molecule has 0 aliphatic heterocycles. The van der Waals surface area contributed by atoms with E-state index in [0.29, 0.717) is 5.82 Å². The zero-order valence-corrected chi connectivity index (χ0v) is 12.8. The first kappa shape index (κ1) is 14.4. The van der Waals surface area contributed by atoms with Crippen molar-refractivity contribution < 1.29 is 4.74 Å². The van der Waals surface area contributed by atoms with Crippen molar-refractivity contribution in [2.24, 2.45) is 5.84 Å². The van der Waals surface area contributed by atoms with Crippen LogP contribution in [0.4, 0.5) is 5.82 Å². The van der Waals surface area contributed by atoms with Crippen molar-refractivity contribution in [3.63, 3.8) is 0 Å². The van der Waals surface area contributed by atoms with Crippen LogP contribution in [-0.4, -0.2) is 12.1 Å². The number of methoxy groups -OCH3 is 1. The topological polar surface area (TPSA) is 60.2 Å². The van der Waals surface area contributed by atoms with E-state index in [-0.39, 0.29) is 0 Å². The third-order valence-electron chi connectivity index (χ3n) is 3.75. The Morgan fingerprint density at radius 1 is 1.09 bits per heavy atom. The fourth-order valence-electron chi connectivity index (χ4n) is 2.51. The average Bonchev–Trinajstić information content (AvgIpc) is 2.55. The van der Waals surface area contributed by atoms with Gasteiger partial charge in [0.1, 0.15) is 11.6 Å². The summed E-state index contributed by atoms with van der Waals surface area (Å²) in [6.45, 7) is 2.08. The number of nitrogens with one attached hydrogen (secondary N) is 1. The molecule has 4 nitrogen and oxygen atoms in total. The van der Waals surface area contributed by atoms with Crippen molar-refractivity contribution in [2.45, 2.75) is 13.3 Å². The average molecular weight is 293 g/mol. The van der Waals surface area contributed by atoms with Gasteiger partial charge in [0, 0.05) is 17.4 Å². The Kier molecular flexibility index (Phi) is 3.94. The number of benzene rings is 2. The highest BCUT2D eigenvalue weighted by molar-refractivity contribution is 5.83. The molecule has 1 heterocycles. The molecule has 0 amide bonds. The number of nitrogen functional groups attached to an aromatic ring is 1. The van der Waals surface area contributed by atoms with Crippen LogP contribution in [0.2, 0.25) is 0 Å². The van der Waals surface area contributed by atoms with Crippen molar-refractivity contribution in [1.29, 1.82) is 0 Å². The number of rotatable bonds is 4. The van der Waals surface area contributed by atoms with E-state index in [1.165, 1.54) is 11.1 Å². The Labute approximate surface area is 129 Å². The summed E-state index contributed by atoms with van der Waals surface area (Å²) < 4.78 is 5.28. The lowest BCUT2D eigenvalue weighted by Gasteiger charge is -2.11. The standard InChI is InChI=1S/C18H19N3O/c1-12-3-5-13(6-4-12)9-15-10-14-11-16(22-2)7-8-17(14)20-18(15)21-19/h3-8,10-11H,9,19H2,1-2H3,(H,20,21). The van der Waals surface area contributed by atoms with Crippen LogP contribution in [0.5, 0.6) is 5.75 Å². The number of aryl methyl sites for hydroxylation is 1. The summed E-state index contributed by atoms with van der Waals surface area (Å²) in [5.74, 6) is 7.17. The fraction of sp³-hybridized carbons (Fsp3) is 0.167. The van der Waals surface area contributed by atoms with E-state index in [1.807, 2.05) is 18.2 Å². The lowest BCUT2D eigenvalue weighted by atomic mass is 10.0.